The number of hydrogen-bond donors (Lipinski definition) is 0. The van der Waals surface area contributed by atoms with Crippen molar-refractivity contribution in [2.24, 2.45) is 5.92 Å². The quantitative estimate of drug-likeness (QED) is 0.806. The highest BCUT2D eigenvalue weighted by molar-refractivity contribution is 5.98. The van der Waals surface area contributed by atoms with Crippen LogP contribution in [0.4, 0.5) is 4.39 Å². The summed E-state index contributed by atoms with van der Waals surface area (Å²) in [5, 5.41) is 5.09. The number of aryl methyl sites for hydroxylation is 1. The molecule has 2 aromatic rings. The Bertz CT molecular complexity index is 647. The van der Waals surface area contributed by atoms with E-state index in [-0.39, 0.29) is 5.97 Å². The number of hydrogen-bond acceptors (Lipinski definition) is 3. The van der Waals surface area contributed by atoms with Crippen LogP contribution in [0.3, 0.4) is 0 Å². The number of esters is 1. The minimum atomic E-state index is -0.612. The molecule has 0 radical (unpaired) electrons. The lowest BCUT2D eigenvalue weighted by atomic mass is 10.0. The third kappa shape index (κ3) is 2.40. The highest BCUT2D eigenvalue weighted by atomic mass is 19.1. The highest BCUT2D eigenvalue weighted by Crippen LogP contribution is 2.26. The summed E-state index contributed by atoms with van der Waals surface area (Å²) in [6.45, 7) is 6.06. The zero-order valence-electron chi connectivity index (χ0n) is 12.2. The third-order valence-corrected chi connectivity index (χ3v) is 3.31. The first-order valence-electron chi connectivity index (χ1n) is 6.62. The number of fused-ring (bicyclic) bond motifs is 1. The van der Waals surface area contributed by atoms with E-state index < -0.39 is 6.67 Å². The maximum atomic E-state index is 13.1. The number of benzene rings is 1. The maximum absolute atomic E-state index is 13.1. The van der Waals surface area contributed by atoms with Gasteiger partial charge in [-0.25, -0.2) is 9.18 Å². The van der Waals surface area contributed by atoms with Gasteiger partial charge in [0.05, 0.1) is 18.2 Å². The van der Waals surface area contributed by atoms with E-state index in [1.54, 1.807) is 16.8 Å². The SMILES string of the molecule is COC(=O)c1ccc2c(CF)nn(CC(C)C)c2c1C. The normalized spacial score (nSPS) is 11.3. The number of methoxy groups -OCH3 is 1. The van der Waals surface area contributed by atoms with Crippen LogP contribution in [-0.2, 0) is 18.0 Å². The molecule has 0 unspecified atom stereocenters. The largest absolute Gasteiger partial charge is 0.465 e. The molecule has 0 fully saturated rings. The average Bonchev–Trinajstić information content (AvgIpc) is 2.76. The molecule has 1 aromatic carbocycles. The Morgan fingerprint density at radius 3 is 2.70 bits per heavy atom. The molecule has 0 amide bonds. The van der Waals surface area contributed by atoms with Crippen LogP contribution in [0, 0.1) is 12.8 Å². The number of aromatic nitrogens is 2. The molecule has 0 saturated heterocycles. The van der Waals surface area contributed by atoms with E-state index in [1.807, 2.05) is 6.92 Å². The Morgan fingerprint density at radius 1 is 1.45 bits per heavy atom. The maximum Gasteiger partial charge on any atom is 0.338 e. The summed E-state index contributed by atoms with van der Waals surface area (Å²) in [7, 11) is 1.35. The van der Waals surface area contributed by atoms with E-state index in [0.29, 0.717) is 23.7 Å². The van der Waals surface area contributed by atoms with Crippen molar-refractivity contribution in [1.82, 2.24) is 9.78 Å². The lowest BCUT2D eigenvalue weighted by molar-refractivity contribution is 0.0600. The molecular weight excluding hydrogens is 259 g/mol. The van der Waals surface area contributed by atoms with Gasteiger partial charge in [-0.1, -0.05) is 13.8 Å². The predicted molar refractivity (Wildman–Crippen MR) is 75.5 cm³/mol. The molecule has 1 heterocycles. The van der Waals surface area contributed by atoms with Gasteiger partial charge in [-0.3, -0.25) is 4.68 Å². The van der Waals surface area contributed by atoms with Crippen molar-refractivity contribution in [3.8, 4) is 0 Å². The second kappa shape index (κ2) is 5.61. The molecule has 0 aliphatic carbocycles. The van der Waals surface area contributed by atoms with Crippen molar-refractivity contribution >= 4 is 16.9 Å². The van der Waals surface area contributed by atoms with Gasteiger partial charge in [0, 0.05) is 11.9 Å². The first kappa shape index (κ1) is 14.5. The fourth-order valence-electron chi connectivity index (χ4n) is 2.42. The molecule has 0 spiro atoms. The molecule has 1 aromatic heterocycles. The Morgan fingerprint density at radius 2 is 2.15 bits per heavy atom. The van der Waals surface area contributed by atoms with Crippen LogP contribution in [0.15, 0.2) is 12.1 Å². The monoisotopic (exact) mass is 278 g/mol. The average molecular weight is 278 g/mol. The number of carbonyl (C=O) groups excluding carboxylic acids is 1. The minimum absolute atomic E-state index is 0.381. The van der Waals surface area contributed by atoms with Crippen LogP contribution in [0.1, 0.15) is 35.5 Å². The highest BCUT2D eigenvalue weighted by Gasteiger charge is 2.18. The molecule has 0 atom stereocenters. The Labute approximate surface area is 117 Å². The van der Waals surface area contributed by atoms with E-state index in [1.165, 1.54) is 7.11 Å². The van der Waals surface area contributed by atoms with Crippen LogP contribution < -0.4 is 0 Å². The number of rotatable bonds is 4. The number of nitrogens with zero attached hydrogens (tertiary/aromatic N) is 2. The van der Waals surface area contributed by atoms with Crippen molar-refractivity contribution < 1.29 is 13.9 Å². The van der Waals surface area contributed by atoms with Gasteiger partial charge in [-0.2, -0.15) is 5.10 Å². The van der Waals surface area contributed by atoms with Gasteiger partial charge in [-0.05, 0) is 30.5 Å². The molecule has 0 saturated carbocycles. The van der Waals surface area contributed by atoms with E-state index in [9.17, 15) is 9.18 Å². The summed E-state index contributed by atoms with van der Waals surface area (Å²) < 4.78 is 19.7. The molecule has 108 valence electrons. The number of halogens is 1. The van der Waals surface area contributed by atoms with E-state index in [2.05, 4.69) is 18.9 Å². The number of alkyl halides is 1. The standard InChI is InChI=1S/C15H19FN2O2/c1-9(2)8-18-14-10(3)11(15(19)20-4)5-6-12(14)13(7-16)17-18/h5-6,9H,7-8H2,1-4H3. The van der Waals surface area contributed by atoms with Gasteiger partial charge in [0.1, 0.15) is 12.4 Å². The summed E-state index contributed by atoms with van der Waals surface area (Å²) in [6, 6.07) is 3.41. The van der Waals surface area contributed by atoms with Crippen molar-refractivity contribution in [2.45, 2.75) is 34.0 Å². The van der Waals surface area contributed by atoms with Gasteiger partial charge in [0.2, 0.25) is 0 Å². The molecule has 2 rings (SSSR count). The Balaban J connectivity index is 2.70. The van der Waals surface area contributed by atoms with E-state index >= 15 is 0 Å². The second-order valence-electron chi connectivity index (χ2n) is 5.28. The van der Waals surface area contributed by atoms with Crippen molar-refractivity contribution in [2.75, 3.05) is 7.11 Å². The molecule has 4 nitrogen and oxygen atoms in total. The summed E-state index contributed by atoms with van der Waals surface area (Å²) in [5.41, 5.74) is 2.51. The number of ether oxygens (including phenoxy) is 1. The van der Waals surface area contributed by atoms with Crippen molar-refractivity contribution in [3.63, 3.8) is 0 Å². The Kier molecular flexibility index (Phi) is 4.06. The van der Waals surface area contributed by atoms with Crippen molar-refractivity contribution in [1.29, 1.82) is 0 Å². The summed E-state index contributed by atoms with van der Waals surface area (Å²) in [6.07, 6.45) is 0. The first-order valence-corrected chi connectivity index (χ1v) is 6.62. The van der Waals surface area contributed by atoms with Gasteiger partial charge in [-0.15, -0.1) is 0 Å². The molecular formula is C15H19FN2O2. The van der Waals surface area contributed by atoms with Gasteiger partial charge >= 0.3 is 5.97 Å². The molecule has 20 heavy (non-hydrogen) atoms. The summed E-state index contributed by atoms with van der Waals surface area (Å²) >= 11 is 0. The fourth-order valence-corrected chi connectivity index (χ4v) is 2.42. The van der Waals surface area contributed by atoms with Gasteiger partial charge in [0.25, 0.3) is 0 Å². The van der Waals surface area contributed by atoms with Crippen LogP contribution in [0.2, 0.25) is 0 Å². The van der Waals surface area contributed by atoms with E-state index in [4.69, 9.17) is 4.74 Å². The summed E-state index contributed by atoms with van der Waals surface area (Å²) in [5.74, 6) is -0.00441. The van der Waals surface area contributed by atoms with Crippen LogP contribution in [0.5, 0.6) is 0 Å². The topological polar surface area (TPSA) is 44.1 Å². The molecule has 0 N–H and O–H groups in total. The lowest BCUT2D eigenvalue weighted by Crippen LogP contribution is -2.09. The van der Waals surface area contributed by atoms with Crippen LogP contribution in [-0.4, -0.2) is 22.9 Å². The third-order valence-electron chi connectivity index (χ3n) is 3.31. The molecule has 5 heteroatoms. The van der Waals surface area contributed by atoms with E-state index in [0.717, 1.165) is 16.5 Å². The van der Waals surface area contributed by atoms with Crippen LogP contribution in [0.25, 0.3) is 10.9 Å². The van der Waals surface area contributed by atoms with Crippen LogP contribution >= 0.6 is 0 Å². The molecule has 0 aliphatic rings. The minimum Gasteiger partial charge on any atom is -0.465 e. The van der Waals surface area contributed by atoms with Gasteiger partial charge in [0.15, 0.2) is 0 Å². The lowest BCUT2D eigenvalue weighted by Gasteiger charge is -2.10. The van der Waals surface area contributed by atoms with Crippen molar-refractivity contribution in [3.05, 3.63) is 29.0 Å². The molecule has 0 aliphatic heterocycles. The second-order valence-corrected chi connectivity index (χ2v) is 5.28. The number of carbonyl (C=O) groups is 1. The zero-order valence-corrected chi connectivity index (χ0v) is 12.2. The zero-order chi connectivity index (χ0) is 14.9. The fraction of sp³-hybridized carbons (Fsp3) is 0.467. The smallest absolute Gasteiger partial charge is 0.338 e. The summed E-state index contributed by atoms with van der Waals surface area (Å²) in [4.78, 5) is 11.8. The first-order chi connectivity index (χ1) is 9.49. The predicted octanol–water partition coefficient (Wildman–Crippen LogP) is 3.26. The Hall–Kier alpha value is -1.91. The molecule has 0 bridgehead atoms. The van der Waals surface area contributed by atoms with Gasteiger partial charge < -0.3 is 4.74 Å².